The van der Waals surface area contributed by atoms with Gasteiger partial charge in [0, 0.05) is 11.3 Å². The molecule has 1 N–H and O–H groups in total. The van der Waals surface area contributed by atoms with E-state index < -0.39 is 5.97 Å². The van der Waals surface area contributed by atoms with Crippen LogP contribution < -0.4 is 14.8 Å². The summed E-state index contributed by atoms with van der Waals surface area (Å²) in [5, 5.41) is 2.84. The van der Waals surface area contributed by atoms with E-state index in [1.54, 1.807) is 36.4 Å². The SMILES string of the molecule is CCCCOc1ccc(C(=O)Nc2cc(C(=O)OC)ccc2C)cc1OCC. The molecule has 0 heterocycles. The minimum atomic E-state index is -0.456. The molecule has 0 saturated heterocycles. The molecule has 0 spiro atoms. The summed E-state index contributed by atoms with van der Waals surface area (Å²) >= 11 is 0. The van der Waals surface area contributed by atoms with Gasteiger partial charge in [-0.15, -0.1) is 0 Å². The van der Waals surface area contributed by atoms with Gasteiger partial charge in [0.15, 0.2) is 11.5 Å². The lowest BCUT2D eigenvalue weighted by Crippen LogP contribution is -2.14. The van der Waals surface area contributed by atoms with Crippen molar-refractivity contribution in [1.29, 1.82) is 0 Å². The molecule has 2 aromatic rings. The summed E-state index contributed by atoms with van der Waals surface area (Å²) < 4.78 is 16.1. The number of aryl methyl sites for hydroxylation is 1. The highest BCUT2D eigenvalue weighted by molar-refractivity contribution is 6.05. The van der Waals surface area contributed by atoms with Crippen molar-refractivity contribution < 1.29 is 23.8 Å². The topological polar surface area (TPSA) is 73.9 Å². The monoisotopic (exact) mass is 385 g/mol. The summed E-state index contributed by atoms with van der Waals surface area (Å²) in [5.41, 5.74) is 2.20. The predicted octanol–water partition coefficient (Wildman–Crippen LogP) is 4.61. The first kappa shape index (κ1) is 21.3. The predicted molar refractivity (Wildman–Crippen MR) is 108 cm³/mol. The molecule has 0 aromatic heterocycles. The van der Waals surface area contributed by atoms with Crippen LogP contribution in [0, 0.1) is 6.92 Å². The van der Waals surface area contributed by atoms with E-state index in [0.717, 1.165) is 18.4 Å². The van der Waals surface area contributed by atoms with E-state index in [-0.39, 0.29) is 5.91 Å². The second-order valence-corrected chi connectivity index (χ2v) is 6.27. The molecule has 28 heavy (non-hydrogen) atoms. The Morgan fingerprint density at radius 1 is 0.964 bits per heavy atom. The van der Waals surface area contributed by atoms with Crippen LogP contribution in [0.1, 0.15) is 53.0 Å². The average molecular weight is 385 g/mol. The quantitative estimate of drug-likeness (QED) is 0.504. The largest absolute Gasteiger partial charge is 0.490 e. The number of ether oxygens (including phenoxy) is 3. The van der Waals surface area contributed by atoms with Gasteiger partial charge in [0.1, 0.15) is 0 Å². The van der Waals surface area contributed by atoms with Crippen molar-refractivity contribution in [3.8, 4) is 11.5 Å². The summed E-state index contributed by atoms with van der Waals surface area (Å²) in [4.78, 5) is 24.5. The molecule has 0 atom stereocenters. The third-order valence-electron chi connectivity index (χ3n) is 4.17. The van der Waals surface area contributed by atoms with Crippen LogP contribution >= 0.6 is 0 Å². The van der Waals surface area contributed by atoms with E-state index in [1.807, 2.05) is 13.8 Å². The second kappa shape index (κ2) is 10.3. The molecule has 150 valence electrons. The van der Waals surface area contributed by atoms with Crippen molar-refractivity contribution in [2.24, 2.45) is 0 Å². The van der Waals surface area contributed by atoms with Crippen molar-refractivity contribution in [1.82, 2.24) is 0 Å². The molecule has 0 unspecified atom stereocenters. The number of carbonyl (C=O) groups excluding carboxylic acids is 2. The zero-order valence-corrected chi connectivity index (χ0v) is 16.8. The highest BCUT2D eigenvalue weighted by Gasteiger charge is 2.14. The van der Waals surface area contributed by atoms with Gasteiger partial charge in [0.05, 0.1) is 25.9 Å². The van der Waals surface area contributed by atoms with Crippen molar-refractivity contribution in [2.75, 3.05) is 25.6 Å². The van der Waals surface area contributed by atoms with Crippen LogP contribution in [0.5, 0.6) is 11.5 Å². The molecule has 2 rings (SSSR count). The van der Waals surface area contributed by atoms with Gasteiger partial charge in [-0.1, -0.05) is 19.4 Å². The Bertz CT molecular complexity index is 832. The number of esters is 1. The van der Waals surface area contributed by atoms with Crippen LogP contribution in [0.25, 0.3) is 0 Å². The minimum absolute atomic E-state index is 0.300. The molecular formula is C22H27NO5. The Hall–Kier alpha value is -3.02. The first-order chi connectivity index (χ1) is 13.5. The second-order valence-electron chi connectivity index (χ2n) is 6.27. The lowest BCUT2D eigenvalue weighted by molar-refractivity contribution is 0.0600. The van der Waals surface area contributed by atoms with Gasteiger partial charge in [-0.25, -0.2) is 4.79 Å². The summed E-state index contributed by atoms with van der Waals surface area (Å²) in [5.74, 6) is 0.399. The third-order valence-corrected chi connectivity index (χ3v) is 4.17. The molecule has 0 saturated carbocycles. The van der Waals surface area contributed by atoms with Crippen molar-refractivity contribution in [2.45, 2.75) is 33.6 Å². The molecule has 0 aliphatic carbocycles. The minimum Gasteiger partial charge on any atom is -0.490 e. The summed E-state index contributed by atoms with van der Waals surface area (Å²) in [7, 11) is 1.32. The Kier molecular flexibility index (Phi) is 7.87. The number of rotatable bonds is 9. The number of unbranched alkanes of at least 4 members (excludes halogenated alkanes) is 1. The van der Waals surface area contributed by atoms with E-state index in [4.69, 9.17) is 14.2 Å². The van der Waals surface area contributed by atoms with E-state index >= 15 is 0 Å². The average Bonchev–Trinajstić information content (AvgIpc) is 2.70. The number of nitrogens with one attached hydrogen (secondary N) is 1. The molecule has 2 aromatic carbocycles. The maximum atomic E-state index is 12.7. The fraction of sp³-hybridized carbons (Fsp3) is 0.364. The Labute approximate surface area is 165 Å². The van der Waals surface area contributed by atoms with Gasteiger partial charge in [-0.05, 0) is 56.2 Å². The standard InChI is InChI=1S/C22H27NO5/c1-5-7-12-28-19-11-10-16(14-20(19)27-6-2)21(24)23-18-13-17(22(25)26-4)9-8-15(18)3/h8-11,13-14H,5-7,12H2,1-4H3,(H,23,24). The molecular weight excluding hydrogens is 358 g/mol. The van der Waals surface area contributed by atoms with E-state index in [9.17, 15) is 9.59 Å². The zero-order chi connectivity index (χ0) is 20.5. The van der Waals surface area contributed by atoms with Gasteiger partial charge in [-0.2, -0.15) is 0 Å². The maximum absolute atomic E-state index is 12.7. The fourth-order valence-corrected chi connectivity index (χ4v) is 2.56. The van der Waals surface area contributed by atoms with Crippen molar-refractivity contribution in [3.05, 3.63) is 53.1 Å². The molecule has 0 bridgehead atoms. The van der Waals surface area contributed by atoms with Gasteiger partial charge >= 0.3 is 5.97 Å². The van der Waals surface area contributed by atoms with Gasteiger partial charge in [0.25, 0.3) is 5.91 Å². The van der Waals surface area contributed by atoms with Crippen molar-refractivity contribution in [3.63, 3.8) is 0 Å². The number of amides is 1. The number of hydrogen-bond acceptors (Lipinski definition) is 5. The Balaban J connectivity index is 2.22. The molecule has 0 aliphatic heterocycles. The van der Waals surface area contributed by atoms with Crippen LogP contribution in [0.4, 0.5) is 5.69 Å². The first-order valence-corrected chi connectivity index (χ1v) is 9.40. The highest BCUT2D eigenvalue weighted by Crippen LogP contribution is 2.29. The van der Waals surface area contributed by atoms with Gasteiger partial charge < -0.3 is 19.5 Å². The van der Waals surface area contributed by atoms with Crippen molar-refractivity contribution >= 4 is 17.6 Å². The Morgan fingerprint density at radius 2 is 1.71 bits per heavy atom. The van der Waals surface area contributed by atoms with E-state index in [1.165, 1.54) is 7.11 Å². The van der Waals surface area contributed by atoms with Crippen LogP contribution in [-0.2, 0) is 4.74 Å². The summed E-state index contributed by atoms with van der Waals surface area (Å²) in [6.45, 7) is 6.89. The Morgan fingerprint density at radius 3 is 2.39 bits per heavy atom. The third kappa shape index (κ3) is 5.49. The lowest BCUT2D eigenvalue weighted by Gasteiger charge is -2.14. The smallest absolute Gasteiger partial charge is 0.337 e. The number of hydrogen-bond donors (Lipinski definition) is 1. The molecule has 6 heteroatoms. The van der Waals surface area contributed by atoms with E-state index in [2.05, 4.69) is 12.2 Å². The molecule has 0 aliphatic rings. The number of anilines is 1. The molecule has 1 amide bonds. The number of carbonyl (C=O) groups is 2. The number of methoxy groups -OCH3 is 1. The maximum Gasteiger partial charge on any atom is 0.337 e. The van der Waals surface area contributed by atoms with Crippen LogP contribution in [0.3, 0.4) is 0 Å². The van der Waals surface area contributed by atoms with Gasteiger partial charge in [-0.3, -0.25) is 4.79 Å². The molecule has 6 nitrogen and oxygen atoms in total. The summed E-state index contributed by atoms with van der Waals surface area (Å²) in [6, 6.07) is 10.1. The van der Waals surface area contributed by atoms with Gasteiger partial charge in [0.2, 0.25) is 0 Å². The van der Waals surface area contributed by atoms with Crippen LogP contribution in [0.15, 0.2) is 36.4 Å². The highest BCUT2D eigenvalue weighted by atomic mass is 16.5. The molecule has 0 radical (unpaired) electrons. The first-order valence-electron chi connectivity index (χ1n) is 9.40. The van der Waals surface area contributed by atoms with Crippen LogP contribution in [-0.4, -0.2) is 32.2 Å². The lowest BCUT2D eigenvalue weighted by atomic mass is 10.1. The van der Waals surface area contributed by atoms with E-state index in [0.29, 0.717) is 41.5 Å². The fourth-order valence-electron chi connectivity index (χ4n) is 2.56. The summed E-state index contributed by atoms with van der Waals surface area (Å²) in [6.07, 6.45) is 1.98. The number of benzene rings is 2. The molecule has 0 fully saturated rings. The zero-order valence-electron chi connectivity index (χ0n) is 16.8. The van der Waals surface area contributed by atoms with Crippen LogP contribution in [0.2, 0.25) is 0 Å². The normalized spacial score (nSPS) is 10.3.